The van der Waals surface area contributed by atoms with Gasteiger partial charge < -0.3 is 9.73 Å². The van der Waals surface area contributed by atoms with Crippen LogP contribution in [-0.2, 0) is 4.79 Å². The molecule has 1 amide bonds. The molecule has 0 saturated heterocycles. The molecule has 25 heavy (non-hydrogen) atoms. The van der Waals surface area contributed by atoms with Crippen LogP contribution in [0.2, 0.25) is 15.1 Å². The minimum Gasteiger partial charge on any atom is -0.457 e. The first-order chi connectivity index (χ1) is 12.0. The zero-order valence-electron chi connectivity index (χ0n) is 12.8. The summed E-state index contributed by atoms with van der Waals surface area (Å²) < 4.78 is 5.69. The summed E-state index contributed by atoms with van der Waals surface area (Å²) in [5.74, 6) is 0.880. The third-order valence-electron chi connectivity index (χ3n) is 3.28. The molecular formula is C19H12Cl3NO2. The zero-order chi connectivity index (χ0) is 17.8. The topological polar surface area (TPSA) is 42.2 Å². The number of hydrogen-bond acceptors (Lipinski definition) is 2. The highest BCUT2D eigenvalue weighted by Gasteiger charge is 2.06. The lowest BCUT2D eigenvalue weighted by Crippen LogP contribution is -2.07. The minimum atomic E-state index is -0.272. The highest BCUT2D eigenvalue weighted by Crippen LogP contribution is 2.28. The number of furan rings is 1. The predicted octanol–water partition coefficient (Wildman–Crippen LogP) is 6.56. The van der Waals surface area contributed by atoms with Crippen molar-refractivity contribution in [3.63, 3.8) is 0 Å². The lowest BCUT2D eigenvalue weighted by atomic mass is 10.2. The Morgan fingerprint density at radius 3 is 2.24 bits per heavy atom. The summed E-state index contributed by atoms with van der Waals surface area (Å²) in [4.78, 5) is 11.9. The van der Waals surface area contributed by atoms with E-state index in [0.717, 1.165) is 5.56 Å². The Morgan fingerprint density at radius 2 is 1.56 bits per heavy atom. The first kappa shape index (κ1) is 17.6. The van der Waals surface area contributed by atoms with Gasteiger partial charge in [-0.1, -0.05) is 34.8 Å². The molecule has 1 N–H and O–H groups in total. The molecule has 3 rings (SSSR count). The quantitative estimate of drug-likeness (QED) is 0.511. The van der Waals surface area contributed by atoms with Gasteiger partial charge in [-0.3, -0.25) is 4.79 Å². The van der Waals surface area contributed by atoms with E-state index in [1.54, 1.807) is 60.7 Å². The number of hydrogen-bond donors (Lipinski definition) is 1. The number of halogens is 3. The third-order valence-corrected chi connectivity index (χ3v) is 3.97. The molecule has 0 atom stereocenters. The zero-order valence-corrected chi connectivity index (χ0v) is 15.1. The summed E-state index contributed by atoms with van der Waals surface area (Å²) in [6.07, 6.45) is 2.98. The Morgan fingerprint density at radius 1 is 0.880 bits per heavy atom. The average Bonchev–Trinajstić information content (AvgIpc) is 3.03. The molecule has 0 radical (unpaired) electrons. The van der Waals surface area contributed by atoms with Crippen molar-refractivity contribution in [2.45, 2.75) is 0 Å². The van der Waals surface area contributed by atoms with E-state index in [2.05, 4.69) is 5.32 Å². The van der Waals surface area contributed by atoms with Gasteiger partial charge in [-0.05, 0) is 60.7 Å². The van der Waals surface area contributed by atoms with Crippen molar-refractivity contribution in [1.29, 1.82) is 0 Å². The van der Waals surface area contributed by atoms with Gasteiger partial charge in [-0.25, -0.2) is 0 Å². The molecular weight excluding hydrogens is 381 g/mol. The molecule has 126 valence electrons. The fourth-order valence-corrected chi connectivity index (χ4v) is 2.82. The first-order valence-corrected chi connectivity index (χ1v) is 8.44. The van der Waals surface area contributed by atoms with Crippen LogP contribution in [0.3, 0.4) is 0 Å². The third kappa shape index (κ3) is 4.89. The smallest absolute Gasteiger partial charge is 0.248 e. The molecule has 0 aliphatic heterocycles. The van der Waals surface area contributed by atoms with Gasteiger partial charge in [-0.15, -0.1) is 0 Å². The normalized spacial score (nSPS) is 11.0. The molecule has 0 unspecified atom stereocenters. The number of amides is 1. The SMILES string of the molecule is O=C(/C=C/c1ccc(-c2cc(Cl)cc(Cl)c2)o1)Nc1ccc(Cl)cc1. The van der Waals surface area contributed by atoms with Crippen molar-refractivity contribution in [2.24, 2.45) is 0 Å². The van der Waals surface area contributed by atoms with Crippen LogP contribution < -0.4 is 5.32 Å². The summed E-state index contributed by atoms with van der Waals surface area (Å²) in [5.41, 5.74) is 1.43. The number of nitrogens with one attached hydrogen (secondary N) is 1. The maximum absolute atomic E-state index is 11.9. The second-order valence-electron chi connectivity index (χ2n) is 5.19. The lowest BCUT2D eigenvalue weighted by molar-refractivity contribution is -0.111. The first-order valence-electron chi connectivity index (χ1n) is 7.30. The Labute approximate surface area is 159 Å². The van der Waals surface area contributed by atoms with Crippen molar-refractivity contribution >= 4 is 52.5 Å². The van der Waals surface area contributed by atoms with E-state index in [1.807, 2.05) is 0 Å². The molecule has 1 heterocycles. The van der Waals surface area contributed by atoms with Crippen molar-refractivity contribution < 1.29 is 9.21 Å². The standard InChI is InChI=1S/C19H12Cl3NO2/c20-13-1-3-16(4-2-13)23-19(24)8-6-17-5-7-18(25-17)12-9-14(21)11-15(22)10-12/h1-11H,(H,23,24)/b8-6+. The van der Waals surface area contributed by atoms with Crippen LogP contribution in [0.5, 0.6) is 0 Å². The maximum atomic E-state index is 11.9. The van der Waals surface area contributed by atoms with E-state index in [-0.39, 0.29) is 5.91 Å². The molecule has 2 aromatic carbocycles. The summed E-state index contributed by atoms with van der Waals surface area (Å²) in [6.45, 7) is 0. The van der Waals surface area contributed by atoms with E-state index in [4.69, 9.17) is 39.2 Å². The molecule has 3 nitrogen and oxygen atoms in total. The Balaban J connectivity index is 1.69. The van der Waals surface area contributed by atoms with E-state index >= 15 is 0 Å². The summed E-state index contributed by atoms with van der Waals surface area (Å²) >= 11 is 17.8. The maximum Gasteiger partial charge on any atom is 0.248 e. The average molecular weight is 393 g/mol. The summed E-state index contributed by atoms with van der Waals surface area (Å²) in [6, 6.07) is 15.6. The van der Waals surface area contributed by atoms with Gasteiger partial charge in [0, 0.05) is 32.4 Å². The predicted molar refractivity (Wildman–Crippen MR) is 103 cm³/mol. The molecule has 3 aromatic rings. The molecule has 0 aliphatic rings. The molecule has 0 bridgehead atoms. The monoisotopic (exact) mass is 391 g/mol. The largest absolute Gasteiger partial charge is 0.457 e. The minimum absolute atomic E-state index is 0.272. The van der Waals surface area contributed by atoms with Crippen molar-refractivity contribution in [2.75, 3.05) is 5.32 Å². The molecule has 0 aliphatic carbocycles. The molecule has 6 heteroatoms. The van der Waals surface area contributed by atoms with Crippen LogP contribution in [0, 0.1) is 0 Å². The fourth-order valence-electron chi connectivity index (χ4n) is 2.17. The highest BCUT2D eigenvalue weighted by atomic mass is 35.5. The molecule has 1 aromatic heterocycles. The van der Waals surface area contributed by atoms with E-state index < -0.39 is 0 Å². The fraction of sp³-hybridized carbons (Fsp3) is 0. The van der Waals surface area contributed by atoms with Crippen molar-refractivity contribution in [1.82, 2.24) is 0 Å². The Bertz CT molecular complexity index is 910. The van der Waals surface area contributed by atoms with Crippen LogP contribution in [0.15, 0.2) is 65.1 Å². The second kappa shape index (κ2) is 7.79. The van der Waals surface area contributed by atoms with E-state index in [1.165, 1.54) is 6.08 Å². The van der Waals surface area contributed by atoms with Crippen molar-refractivity contribution in [3.8, 4) is 11.3 Å². The van der Waals surface area contributed by atoms with Gasteiger partial charge in [0.05, 0.1) is 0 Å². The van der Waals surface area contributed by atoms with Crippen LogP contribution >= 0.6 is 34.8 Å². The summed E-state index contributed by atoms with van der Waals surface area (Å²) in [7, 11) is 0. The van der Waals surface area contributed by atoms with Crippen LogP contribution in [0.4, 0.5) is 5.69 Å². The summed E-state index contributed by atoms with van der Waals surface area (Å²) in [5, 5.41) is 4.39. The number of carbonyl (C=O) groups excluding carboxylic acids is 1. The number of anilines is 1. The molecule has 0 saturated carbocycles. The van der Waals surface area contributed by atoms with Crippen LogP contribution in [0.1, 0.15) is 5.76 Å². The lowest BCUT2D eigenvalue weighted by Gasteiger charge is -2.01. The van der Waals surface area contributed by atoms with Crippen molar-refractivity contribution in [3.05, 3.63) is 81.5 Å². The Hall–Kier alpha value is -2.20. The number of benzene rings is 2. The number of carbonyl (C=O) groups is 1. The Kier molecular flexibility index (Phi) is 5.49. The van der Waals surface area contributed by atoms with Gasteiger partial charge in [0.2, 0.25) is 5.91 Å². The van der Waals surface area contributed by atoms with Crippen LogP contribution in [-0.4, -0.2) is 5.91 Å². The number of rotatable bonds is 4. The molecule has 0 spiro atoms. The van der Waals surface area contributed by atoms with E-state index in [0.29, 0.717) is 32.3 Å². The van der Waals surface area contributed by atoms with Gasteiger partial charge in [0.15, 0.2) is 0 Å². The highest BCUT2D eigenvalue weighted by molar-refractivity contribution is 6.35. The van der Waals surface area contributed by atoms with Gasteiger partial charge in [-0.2, -0.15) is 0 Å². The van der Waals surface area contributed by atoms with E-state index in [9.17, 15) is 4.79 Å². The molecule has 0 fully saturated rings. The van der Waals surface area contributed by atoms with Gasteiger partial charge in [0.25, 0.3) is 0 Å². The van der Waals surface area contributed by atoms with Crippen LogP contribution in [0.25, 0.3) is 17.4 Å². The van der Waals surface area contributed by atoms with Gasteiger partial charge in [0.1, 0.15) is 11.5 Å². The van der Waals surface area contributed by atoms with Gasteiger partial charge >= 0.3 is 0 Å². The second-order valence-corrected chi connectivity index (χ2v) is 6.50.